The molecule has 0 aliphatic carbocycles. The summed E-state index contributed by atoms with van der Waals surface area (Å²) < 4.78 is 5.41. The Morgan fingerprint density at radius 1 is 1.15 bits per heavy atom. The van der Waals surface area contributed by atoms with Crippen molar-refractivity contribution < 1.29 is 9.53 Å². The van der Waals surface area contributed by atoms with E-state index in [2.05, 4.69) is 0 Å². The number of carbonyl (C=O) groups excluding carboxylic acids is 1. The van der Waals surface area contributed by atoms with Crippen LogP contribution in [0.25, 0.3) is 0 Å². The summed E-state index contributed by atoms with van der Waals surface area (Å²) in [6, 6.07) is 3.53. The molecule has 2 heteroatoms. The predicted molar refractivity (Wildman–Crippen MR) is 51.2 cm³/mol. The minimum atomic E-state index is 0.0982. The van der Waals surface area contributed by atoms with Gasteiger partial charge in [-0.25, -0.2) is 4.42 Å². The van der Waals surface area contributed by atoms with Gasteiger partial charge in [0.2, 0.25) is 0 Å². The zero-order chi connectivity index (χ0) is 10.0. The van der Waals surface area contributed by atoms with Crippen molar-refractivity contribution in [3.8, 4) is 11.5 Å². The largest absolute Gasteiger partial charge is 0.872 e. The summed E-state index contributed by atoms with van der Waals surface area (Å²) in [4.78, 5) is 0. The molecule has 1 aromatic rings. The molecule has 0 N–H and O–H groups in total. The molecular formula is C11H14O2. The molecule has 0 bridgehead atoms. The van der Waals surface area contributed by atoms with Gasteiger partial charge in [-0.05, 0) is 25.0 Å². The molecule has 0 saturated carbocycles. The minimum Gasteiger partial charge on any atom is -0.872 e. The Morgan fingerprint density at radius 2 is 1.62 bits per heavy atom. The highest BCUT2D eigenvalue weighted by Crippen LogP contribution is 2.24. The standard InChI is InChI=1S/C11H14O2/c1-7(2)13-10-5-8(3)11(12)9(4)6-10/h5-6H,1-4H3. The Balaban J connectivity index is 3.21. The van der Waals surface area contributed by atoms with E-state index in [-0.39, 0.29) is 5.75 Å². The first-order valence-corrected chi connectivity index (χ1v) is 4.27. The molecule has 1 rings (SSSR count). The molecule has 13 heavy (non-hydrogen) atoms. The zero-order valence-corrected chi connectivity index (χ0v) is 8.47. The van der Waals surface area contributed by atoms with Crippen molar-refractivity contribution >= 4 is 5.78 Å². The number of aryl methyl sites for hydroxylation is 2. The maximum absolute atomic E-state index is 11.3. The van der Waals surface area contributed by atoms with Crippen LogP contribution in [0.1, 0.15) is 25.0 Å². The molecule has 0 fully saturated rings. The smallest absolute Gasteiger partial charge is 0.352 e. The van der Waals surface area contributed by atoms with Crippen LogP contribution < -0.4 is 5.11 Å². The van der Waals surface area contributed by atoms with E-state index in [1.807, 2.05) is 13.8 Å². The highest BCUT2D eigenvalue weighted by molar-refractivity contribution is 5.73. The van der Waals surface area contributed by atoms with E-state index in [0.29, 0.717) is 0 Å². The van der Waals surface area contributed by atoms with Gasteiger partial charge >= 0.3 is 11.5 Å². The Hall–Kier alpha value is -1.31. The number of hydrogen-bond acceptors (Lipinski definition) is 1. The van der Waals surface area contributed by atoms with Crippen molar-refractivity contribution in [3.63, 3.8) is 0 Å². The van der Waals surface area contributed by atoms with E-state index < -0.39 is 0 Å². The number of ketones is 1. The summed E-state index contributed by atoms with van der Waals surface area (Å²) in [5.74, 6) is 1.72. The summed E-state index contributed by atoms with van der Waals surface area (Å²) in [7, 11) is 0. The van der Waals surface area contributed by atoms with E-state index in [9.17, 15) is 5.11 Å². The summed E-state index contributed by atoms with van der Waals surface area (Å²) in [6.45, 7) is 7.37. The van der Waals surface area contributed by atoms with Crippen LogP contribution in [0.15, 0.2) is 12.1 Å². The van der Waals surface area contributed by atoms with Crippen molar-refractivity contribution in [2.75, 3.05) is 0 Å². The fraction of sp³-hybridized carbons (Fsp3) is 0.364. The fourth-order valence-corrected chi connectivity index (χ4v) is 1.21. The van der Waals surface area contributed by atoms with Gasteiger partial charge in [0, 0.05) is 26.0 Å². The van der Waals surface area contributed by atoms with Crippen molar-refractivity contribution in [1.82, 2.24) is 0 Å². The molecule has 0 radical (unpaired) electrons. The Labute approximate surface area is 78.5 Å². The van der Waals surface area contributed by atoms with Gasteiger partial charge in [-0.2, -0.15) is 0 Å². The lowest BCUT2D eigenvalue weighted by molar-refractivity contribution is -0.367. The highest BCUT2D eigenvalue weighted by Gasteiger charge is 2.06. The number of hydrogen-bond donors (Lipinski definition) is 0. The summed E-state index contributed by atoms with van der Waals surface area (Å²) >= 11 is 0. The lowest BCUT2D eigenvalue weighted by Crippen LogP contribution is -1.96. The maximum atomic E-state index is 11.3. The van der Waals surface area contributed by atoms with Crippen LogP contribution >= 0.6 is 0 Å². The first-order valence-electron chi connectivity index (χ1n) is 4.27. The van der Waals surface area contributed by atoms with Crippen molar-refractivity contribution in [1.29, 1.82) is 0 Å². The van der Waals surface area contributed by atoms with Crippen molar-refractivity contribution in [2.24, 2.45) is 0 Å². The quantitative estimate of drug-likeness (QED) is 0.607. The summed E-state index contributed by atoms with van der Waals surface area (Å²) in [5.41, 5.74) is 1.47. The zero-order valence-electron chi connectivity index (χ0n) is 8.47. The molecule has 0 amide bonds. The van der Waals surface area contributed by atoms with Crippen LogP contribution in [-0.4, -0.2) is 5.78 Å². The molecule has 0 aliphatic rings. The van der Waals surface area contributed by atoms with Gasteiger partial charge in [-0.3, -0.25) is 0 Å². The molecule has 0 heterocycles. The minimum absolute atomic E-state index is 0.0982. The van der Waals surface area contributed by atoms with Gasteiger partial charge in [0.25, 0.3) is 0 Å². The highest BCUT2D eigenvalue weighted by atomic mass is 16.4. The van der Waals surface area contributed by atoms with Gasteiger partial charge < -0.3 is 5.11 Å². The molecule has 0 spiro atoms. The molecular weight excluding hydrogens is 164 g/mol. The number of benzene rings is 1. The van der Waals surface area contributed by atoms with E-state index >= 15 is 0 Å². The van der Waals surface area contributed by atoms with Crippen LogP contribution in [0, 0.1) is 13.8 Å². The third kappa shape index (κ3) is 2.31. The second kappa shape index (κ2) is 3.60. The average molecular weight is 178 g/mol. The molecule has 0 aliphatic heterocycles. The first kappa shape index (κ1) is 9.78. The Kier molecular flexibility index (Phi) is 2.71. The molecule has 0 unspecified atom stereocenters. The Bertz CT molecular complexity index is 324. The predicted octanol–water partition coefficient (Wildman–Crippen LogP) is 2.23. The number of rotatable bonds is 1. The molecule has 0 aromatic heterocycles. The SMILES string of the molecule is CC(C)=[O+]c1cc(C)c([O-])c(C)c1. The molecule has 0 saturated heterocycles. The molecule has 2 nitrogen and oxygen atoms in total. The van der Waals surface area contributed by atoms with E-state index in [4.69, 9.17) is 4.42 Å². The van der Waals surface area contributed by atoms with Crippen molar-refractivity contribution in [3.05, 3.63) is 23.3 Å². The van der Waals surface area contributed by atoms with Crippen LogP contribution in [0.4, 0.5) is 0 Å². The van der Waals surface area contributed by atoms with Crippen LogP contribution in [0.5, 0.6) is 11.5 Å². The van der Waals surface area contributed by atoms with E-state index in [1.54, 1.807) is 26.0 Å². The summed E-state index contributed by atoms with van der Waals surface area (Å²) in [5, 5.41) is 11.3. The summed E-state index contributed by atoms with van der Waals surface area (Å²) in [6.07, 6.45) is 0. The van der Waals surface area contributed by atoms with E-state index in [0.717, 1.165) is 22.7 Å². The molecule has 0 atom stereocenters. The lowest BCUT2D eigenvalue weighted by atomic mass is 10.1. The van der Waals surface area contributed by atoms with Gasteiger partial charge in [0.05, 0.1) is 0 Å². The van der Waals surface area contributed by atoms with E-state index in [1.165, 1.54) is 0 Å². The van der Waals surface area contributed by atoms with Gasteiger partial charge in [0.1, 0.15) is 0 Å². The molecule has 70 valence electrons. The van der Waals surface area contributed by atoms with Crippen molar-refractivity contribution in [2.45, 2.75) is 27.7 Å². The van der Waals surface area contributed by atoms with Gasteiger partial charge in [-0.15, -0.1) is 5.75 Å². The Morgan fingerprint density at radius 3 is 2.00 bits per heavy atom. The fourth-order valence-electron chi connectivity index (χ4n) is 1.21. The molecule has 1 aromatic carbocycles. The second-order valence-electron chi connectivity index (χ2n) is 3.40. The van der Waals surface area contributed by atoms with Gasteiger partial charge in [0.15, 0.2) is 0 Å². The monoisotopic (exact) mass is 178 g/mol. The van der Waals surface area contributed by atoms with Crippen LogP contribution in [0.3, 0.4) is 0 Å². The third-order valence-corrected chi connectivity index (χ3v) is 1.76. The first-order chi connectivity index (χ1) is 6.00. The second-order valence-corrected chi connectivity index (χ2v) is 3.40. The lowest BCUT2D eigenvalue weighted by Gasteiger charge is -2.11. The van der Waals surface area contributed by atoms with Crippen LogP contribution in [-0.2, 0) is 4.42 Å². The normalized spacial score (nSPS) is 9.85. The third-order valence-electron chi connectivity index (χ3n) is 1.76. The van der Waals surface area contributed by atoms with Crippen LogP contribution in [0.2, 0.25) is 0 Å². The maximum Gasteiger partial charge on any atom is 0.352 e. The van der Waals surface area contributed by atoms with Gasteiger partial charge in [-0.1, -0.05) is 0 Å². The topological polar surface area (TPSA) is 34.4 Å². The average Bonchev–Trinajstić information content (AvgIpc) is 1.98.